The van der Waals surface area contributed by atoms with Crippen LogP contribution in [0.2, 0.25) is 5.02 Å². The first-order valence-electron chi connectivity index (χ1n) is 11.3. The SMILES string of the molecule is O=C(NCc1ncc(F)cc1F)c1cnc(N2CCC(N3CCc4c(Cl)cccc4C3)CC2)s1. The van der Waals surface area contributed by atoms with Gasteiger partial charge in [-0.15, -0.1) is 0 Å². The van der Waals surface area contributed by atoms with E-state index >= 15 is 0 Å². The summed E-state index contributed by atoms with van der Waals surface area (Å²) >= 11 is 7.68. The van der Waals surface area contributed by atoms with Crippen LogP contribution in [0.1, 0.15) is 39.3 Å². The third-order valence-electron chi connectivity index (χ3n) is 6.51. The van der Waals surface area contributed by atoms with E-state index in [0.29, 0.717) is 10.9 Å². The van der Waals surface area contributed by atoms with Gasteiger partial charge in [0.05, 0.1) is 24.6 Å². The summed E-state index contributed by atoms with van der Waals surface area (Å²) < 4.78 is 26.7. The minimum Gasteiger partial charge on any atom is -0.348 e. The first-order chi connectivity index (χ1) is 16.5. The second kappa shape index (κ2) is 9.93. The molecule has 10 heteroatoms. The summed E-state index contributed by atoms with van der Waals surface area (Å²) in [6, 6.07) is 7.43. The van der Waals surface area contributed by atoms with Gasteiger partial charge in [-0.3, -0.25) is 14.7 Å². The molecule has 0 aliphatic carbocycles. The fourth-order valence-corrected chi connectivity index (χ4v) is 5.83. The van der Waals surface area contributed by atoms with Crippen molar-refractivity contribution < 1.29 is 13.6 Å². The molecular weight excluding hydrogens is 480 g/mol. The molecule has 0 radical (unpaired) electrons. The number of fused-ring (bicyclic) bond motifs is 1. The number of hydrogen-bond acceptors (Lipinski definition) is 6. The third-order valence-corrected chi connectivity index (χ3v) is 7.92. The van der Waals surface area contributed by atoms with E-state index in [0.717, 1.165) is 67.9 Å². The predicted molar refractivity (Wildman–Crippen MR) is 128 cm³/mol. The highest BCUT2D eigenvalue weighted by atomic mass is 35.5. The van der Waals surface area contributed by atoms with E-state index in [9.17, 15) is 13.6 Å². The molecule has 1 fully saturated rings. The van der Waals surface area contributed by atoms with E-state index in [1.807, 2.05) is 12.1 Å². The van der Waals surface area contributed by atoms with Crippen molar-refractivity contribution in [3.05, 3.63) is 75.0 Å². The van der Waals surface area contributed by atoms with Gasteiger partial charge in [-0.2, -0.15) is 0 Å². The molecule has 0 spiro atoms. The van der Waals surface area contributed by atoms with Crippen LogP contribution in [0.3, 0.4) is 0 Å². The Balaban J connectivity index is 1.14. The Hall–Kier alpha value is -2.62. The molecule has 34 heavy (non-hydrogen) atoms. The number of anilines is 1. The number of carbonyl (C=O) groups excluding carboxylic acids is 1. The quantitative estimate of drug-likeness (QED) is 0.558. The second-order valence-corrected chi connectivity index (χ2v) is 10.0. The van der Waals surface area contributed by atoms with Crippen LogP contribution in [-0.4, -0.2) is 46.5 Å². The van der Waals surface area contributed by atoms with Crippen LogP contribution >= 0.6 is 22.9 Å². The highest BCUT2D eigenvalue weighted by Gasteiger charge is 2.29. The molecule has 6 nitrogen and oxygen atoms in total. The molecule has 1 amide bonds. The number of amides is 1. The van der Waals surface area contributed by atoms with Crippen molar-refractivity contribution in [2.45, 2.75) is 38.4 Å². The van der Waals surface area contributed by atoms with Gasteiger partial charge >= 0.3 is 0 Å². The summed E-state index contributed by atoms with van der Waals surface area (Å²) in [6.45, 7) is 3.59. The Labute approximate surface area is 205 Å². The lowest BCUT2D eigenvalue weighted by Crippen LogP contribution is -2.46. The molecule has 3 aromatic rings. The molecule has 0 atom stereocenters. The van der Waals surface area contributed by atoms with Gasteiger partial charge in [-0.25, -0.2) is 13.8 Å². The first kappa shape index (κ1) is 23.1. The number of carbonyl (C=O) groups is 1. The van der Waals surface area contributed by atoms with Crippen molar-refractivity contribution in [1.82, 2.24) is 20.2 Å². The Bertz CT molecular complexity index is 1200. The van der Waals surface area contributed by atoms with Crippen molar-refractivity contribution in [2.24, 2.45) is 0 Å². The standard InChI is InChI=1S/C24H24ClF2N5OS/c25-19-3-1-2-15-14-32(9-6-18(15)19)17-4-7-31(8-5-17)24-30-13-22(34-24)23(33)29-12-21-20(27)10-16(26)11-28-21/h1-3,10-11,13,17H,4-9,12,14H2,(H,29,33). The molecule has 1 N–H and O–H groups in total. The number of rotatable bonds is 5. The second-order valence-electron chi connectivity index (χ2n) is 8.59. The van der Waals surface area contributed by atoms with Crippen molar-refractivity contribution in [1.29, 1.82) is 0 Å². The zero-order valence-electron chi connectivity index (χ0n) is 18.4. The summed E-state index contributed by atoms with van der Waals surface area (Å²) in [4.78, 5) is 25.8. The van der Waals surface area contributed by atoms with E-state index in [4.69, 9.17) is 11.6 Å². The predicted octanol–water partition coefficient (Wildman–Crippen LogP) is 4.43. The zero-order chi connectivity index (χ0) is 23.7. The van der Waals surface area contributed by atoms with Crippen LogP contribution in [0.15, 0.2) is 36.7 Å². The van der Waals surface area contributed by atoms with E-state index < -0.39 is 11.6 Å². The molecule has 178 valence electrons. The minimum absolute atomic E-state index is 0.0100. The Kier molecular flexibility index (Phi) is 6.76. The largest absolute Gasteiger partial charge is 0.348 e. The highest BCUT2D eigenvalue weighted by molar-refractivity contribution is 7.17. The van der Waals surface area contributed by atoms with Crippen molar-refractivity contribution in [3.63, 3.8) is 0 Å². The number of hydrogen-bond donors (Lipinski definition) is 1. The molecule has 1 saturated heterocycles. The Morgan fingerprint density at radius 1 is 1.18 bits per heavy atom. The van der Waals surface area contributed by atoms with Gasteiger partial charge < -0.3 is 10.2 Å². The van der Waals surface area contributed by atoms with Gasteiger partial charge in [0, 0.05) is 43.3 Å². The van der Waals surface area contributed by atoms with Crippen molar-refractivity contribution in [3.8, 4) is 0 Å². The maximum absolute atomic E-state index is 13.7. The average molecular weight is 504 g/mol. The molecule has 1 aromatic carbocycles. The van der Waals surface area contributed by atoms with Gasteiger partial charge in [-0.05, 0) is 36.5 Å². The van der Waals surface area contributed by atoms with Crippen LogP contribution in [0.5, 0.6) is 0 Å². The Morgan fingerprint density at radius 2 is 2.00 bits per heavy atom. The monoisotopic (exact) mass is 503 g/mol. The molecular formula is C24H24ClF2N5OS. The number of aromatic nitrogens is 2. The summed E-state index contributed by atoms with van der Waals surface area (Å²) in [5, 5.41) is 4.31. The van der Waals surface area contributed by atoms with Crippen LogP contribution in [0, 0.1) is 11.6 Å². The number of nitrogens with one attached hydrogen (secondary N) is 1. The summed E-state index contributed by atoms with van der Waals surface area (Å²) in [6.07, 6.45) is 5.52. The molecule has 0 saturated carbocycles. The smallest absolute Gasteiger partial charge is 0.263 e. The molecule has 2 aliphatic rings. The van der Waals surface area contributed by atoms with E-state index in [1.54, 1.807) is 6.20 Å². The van der Waals surface area contributed by atoms with Gasteiger partial charge in [-0.1, -0.05) is 35.1 Å². The number of nitrogens with zero attached hydrogens (tertiary/aromatic N) is 4. The number of pyridine rings is 1. The van der Waals surface area contributed by atoms with Crippen LogP contribution in [0.25, 0.3) is 0 Å². The summed E-state index contributed by atoms with van der Waals surface area (Å²) in [5.74, 6) is -1.89. The number of halogens is 3. The van der Waals surface area contributed by atoms with Crippen molar-refractivity contribution in [2.75, 3.05) is 24.5 Å². The van der Waals surface area contributed by atoms with Crippen molar-refractivity contribution >= 4 is 34.0 Å². The molecule has 0 bridgehead atoms. The van der Waals surface area contributed by atoms with E-state index in [2.05, 4.69) is 31.2 Å². The zero-order valence-corrected chi connectivity index (χ0v) is 20.0. The molecule has 4 heterocycles. The normalized spacial score (nSPS) is 17.0. The lowest BCUT2D eigenvalue weighted by atomic mass is 9.95. The van der Waals surface area contributed by atoms with Gasteiger partial charge in [0.2, 0.25) is 0 Å². The first-order valence-corrected chi connectivity index (χ1v) is 12.5. The van der Waals surface area contributed by atoms with Crippen LogP contribution in [-0.2, 0) is 19.5 Å². The lowest BCUT2D eigenvalue weighted by molar-refractivity contribution is 0.0954. The number of piperidine rings is 1. The van der Waals surface area contributed by atoms with Gasteiger partial charge in [0.1, 0.15) is 16.5 Å². The van der Waals surface area contributed by atoms with E-state index in [1.165, 1.54) is 22.5 Å². The third kappa shape index (κ3) is 4.92. The minimum atomic E-state index is -0.784. The van der Waals surface area contributed by atoms with Gasteiger partial charge in [0.15, 0.2) is 5.13 Å². The number of thiazole rings is 1. The molecule has 0 unspecified atom stereocenters. The highest BCUT2D eigenvalue weighted by Crippen LogP contribution is 2.31. The fourth-order valence-electron chi connectivity index (χ4n) is 4.66. The molecule has 2 aliphatic heterocycles. The van der Waals surface area contributed by atoms with Gasteiger partial charge in [0.25, 0.3) is 5.91 Å². The number of benzene rings is 1. The average Bonchev–Trinajstić information content (AvgIpc) is 3.34. The maximum atomic E-state index is 13.7. The van der Waals surface area contributed by atoms with E-state index in [-0.39, 0.29) is 18.1 Å². The molecule has 2 aromatic heterocycles. The Morgan fingerprint density at radius 3 is 2.79 bits per heavy atom. The maximum Gasteiger partial charge on any atom is 0.263 e. The fraction of sp³-hybridized carbons (Fsp3) is 0.375. The van der Waals surface area contributed by atoms with Crippen LogP contribution in [0.4, 0.5) is 13.9 Å². The summed E-state index contributed by atoms with van der Waals surface area (Å²) in [5.41, 5.74) is 2.60. The molecule has 5 rings (SSSR count). The topological polar surface area (TPSA) is 61.4 Å². The lowest BCUT2D eigenvalue weighted by Gasteiger charge is -2.40. The van der Waals surface area contributed by atoms with Crippen LogP contribution < -0.4 is 10.2 Å². The summed E-state index contributed by atoms with van der Waals surface area (Å²) in [7, 11) is 0.